The summed E-state index contributed by atoms with van der Waals surface area (Å²) in [5.74, 6) is 1.40. The van der Waals surface area contributed by atoms with Gasteiger partial charge < -0.3 is 14.7 Å². The number of benzene rings is 1. The number of ether oxygens (including phenoxy) is 1. The minimum absolute atomic E-state index is 0.0792. The summed E-state index contributed by atoms with van der Waals surface area (Å²) in [6.07, 6.45) is 2.52. The maximum absolute atomic E-state index is 12.6. The first-order valence-electron chi connectivity index (χ1n) is 8.25. The molecule has 1 N–H and O–H groups in total. The smallest absolute Gasteiger partial charge is 0.227 e. The van der Waals surface area contributed by atoms with Gasteiger partial charge in [-0.3, -0.25) is 4.79 Å². The van der Waals surface area contributed by atoms with E-state index >= 15 is 0 Å². The van der Waals surface area contributed by atoms with Crippen molar-refractivity contribution in [2.75, 3.05) is 19.7 Å². The second kappa shape index (κ2) is 5.92. The van der Waals surface area contributed by atoms with Crippen molar-refractivity contribution in [1.29, 1.82) is 0 Å². The van der Waals surface area contributed by atoms with Crippen LogP contribution in [0.4, 0.5) is 0 Å². The van der Waals surface area contributed by atoms with Gasteiger partial charge in [0.05, 0.1) is 18.6 Å². The lowest BCUT2D eigenvalue weighted by molar-refractivity contribution is -0.130. The normalized spacial score (nSPS) is 28.0. The molecule has 4 heteroatoms. The number of aliphatic hydroxyl groups is 1. The van der Waals surface area contributed by atoms with Crippen molar-refractivity contribution in [3.63, 3.8) is 0 Å². The molecule has 1 saturated carbocycles. The summed E-state index contributed by atoms with van der Waals surface area (Å²) in [4.78, 5) is 14.4. The van der Waals surface area contributed by atoms with E-state index in [4.69, 9.17) is 4.74 Å². The number of likely N-dealkylation sites (tertiary alicyclic amines) is 1. The lowest BCUT2D eigenvalue weighted by atomic mass is 9.88. The van der Waals surface area contributed by atoms with Gasteiger partial charge in [-0.05, 0) is 31.7 Å². The highest BCUT2D eigenvalue weighted by molar-refractivity contribution is 5.80. The molecule has 22 heavy (non-hydrogen) atoms. The molecule has 2 atom stereocenters. The SMILES string of the molecule is CCOc1ccccc1CC(=O)N1CC(C)C(O)(C2CC2)C1. The molecule has 2 unspecified atom stereocenters. The van der Waals surface area contributed by atoms with Gasteiger partial charge >= 0.3 is 0 Å². The van der Waals surface area contributed by atoms with E-state index in [0.717, 1.165) is 24.2 Å². The van der Waals surface area contributed by atoms with Gasteiger partial charge in [0.15, 0.2) is 0 Å². The van der Waals surface area contributed by atoms with E-state index in [-0.39, 0.29) is 11.8 Å². The summed E-state index contributed by atoms with van der Waals surface area (Å²) in [7, 11) is 0. The Morgan fingerprint density at radius 2 is 2.14 bits per heavy atom. The van der Waals surface area contributed by atoms with E-state index in [1.54, 1.807) is 0 Å². The number of β-amino-alcohol motifs (C(OH)–C–C–N with tert-alkyl or cyclic N) is 1. The molecular weight excluding hydrogens is 278 g/mol. The number of hydrogen-bond acceptors (Lipinski definition) is 3. The third-order valence-electron chi connectivity index (χ3n) is 5.04. The van der Waals surface area contributed by atoms with Crippen LogP contribution in [0.1, 0.15) is 32.3 Å². The van der Waals surface area contributed by atoms with Gasteiger partial charge in [0.25, 0.3) is 0 Å². The van der Waals surface area contributed by atoms with E-state index in [2.05, 4.69) is 6.92 Å². The van der Waals surface area contributed by atoms with Crippen LogP contribution in [-0.2, 0) is 11.2 Å². The highest BCUT2D eigenvalue weighted by Crippen LogP contribution is 2.47. The number of para-hydroxylation sites is 1. The van der Waals surface area contributed by atoms with E-state index in [9.17, 15) is 9.90 Å². The zero-order chi connectivity index (χ0) is 15.7. The van der Waals surface area contributed by atoms with Gasteiger partial charge in [0, 0.05) is 24.6 Å². The van der Waals surface area contributed by atoms with Gasteiger partial charge in [-0.2, -0.15) is 0 Å². The summed E-state index contributed by atoms with van der Waals surface area (Å²) in [5, 5.41) is 10.8. The fourth-order valence-electron chi connectivity index (χ4n) is 3.54. The maximum Gasteiger partial charge on any atom is 0.227 e. The Morgan fingerprint density at radius 3 is 2.82 bits per heavy atom. The van der Waals surface area contributed by atoms with E-state index in [1.807, 2.05) is 36.1 Å². The lowest BCUT2D eigenvalue weighted by Crippen LogP contribution is -2.40. The summed E-state index contributed by atoms with van der Waals surface area (Å²) >= 11 is 0. The summed E-state index contributed by atoms with van der Waals surface area (Å²) in [6.45, 7) is 5.72. The molecule has 3 rings (SSSR count). The number of hydrogen-bond donors (Lipinski definition) is 1. The Hall–Kier alpha value is -1.55. The van der Waals surface area contributed by atoms with Crippen LogP contribution in [0.5, 0.6) is 5.75 Å². The Kier molecular flexibility index (Phi) is 4.13. The van der Waals surface area contributed by atoms with Crippen molar-refractivity contribution >= 4 is 5.91 Å². The monoisotopic (exact) mass is 303 g/mol. The zero-order valence-corrected chi connectivity index (χ0v) is 13.4. The largest absolute Gasteiger partial charge is 0.494 e. The molecule has 0 bridgehead atoms. The van der Waals surface area contributed by atoms with Crippen LogP contribution in [0.25, 0.3) is 0 Å². The molecule has 1 aromatic rings. The van der Waals surface area contributed by atoms with E-state index in [0.29, 0.717) is 32.0 Å². The average Bonchev–Trinajstić information content (AvgIpc) is 3.29. The third-order valence-corrected chi connectivity index (χ3v) is 5.04. The van der Waals surface area contributed by atoms with Crippen molar-refractivity contribution in [3.05, 3.63) is 29.8 Å². The Labute approximate surface area is 132 Å². The Balaban J connectivity index is 1.68. The second-order valence-corrected chi connectivity index (χ2v) is 6.66. The highest BCUT2D eigenvalue weighted by Gasteiger charge is 2.53. The molecule has 1 amide bonds. The Morgan fingerprint density at radius 1 is 1.41 bits per heavy atom. The molecule has 0 spiro atoms. The second-order valence-electron chi connectivity index (χ2n) is 6.66. The van der Waals surface area contributed by atoms with Crippen LogP contribution >= 0.6 is 0 Å². The third kappa shape index (κ3) is 2.84. The fraction of sp³-hybridized carbons (Fsp3) is 0.611. The van der Waals surface area contributed by atoms with Crippen molar-refractivity contribution in [2.45, 2.75) is 38.7 Å². The van der Waals surface area contributed by atoms with Crippen LogP contribution in [-0.4, -0.2) is 41.2 Å². The Bertz CT molecular complexity index is 555. The zero-order valence-electron chi connectivity index (χ0n) is 13.4. The van der Waals surface area contributed by atoms with Gasteiger partial charge in [0.2, 0.25) is 5.91 Å². The first-order chi connectivity index (χ1) is 10.5. The highest BCUT2D eigenvalue weighted by atomic mass is 16.5. The number of nitrogens with zero attached hydrogens (tertiary/aromatic N) is 1. The minimum Gasteiger partial charge on any atom is -0.494 e. The topological polar surface area (TPSA) is 49.8 Å². The molecule has 0 aromatic heterocycles. The number of carbonyl (C=O) groups is 1. The van der Waals surface area contributed by atoms with E-state index in [1.165, 1.54) is 0 Å². The van der Waals surface area contributed by atoms with Gasteiger partial charge in [-0.15, -0.1) is 0 Å². The van der Waals surface area contributed by atoms with Crippen LogP contribution in [0.3, 0.4) is 0 Å². The predicted molar refractivity (Wildman–Crippen MR) is 84.7 cm³/mol. The number of amides is 1. The molecular formula is C18H25NO3. The van der Waals surface area contributed by atoms with E-state index < -0.39 is 5.60 Å². The first-order valence-corrected chi connectivity index (χ1v) is 8.25. The molecule has 1 saturated heterocycles. The van der Waals surface area contributed by atoms with Crippen LogP contribution in [0.2, 0.25) is 0 Å². The first kappa shape index (κ1) is 15.3. The van der Waals surface area contributed by atoms with Gasteiger partial charge in [0.1, 0.15) is 5.75 Å². The molecule has 2 fully saturated rings. The number of carbonyl (C=O) groups excluding carboxylic acids is 1. The van der Waals surface area contributed by atoms with Crippen LogP contribution in [0, 0.1) is 11.8 Å². The molecule has 1 heterocycles. The van der Waals surface area contributed by atoms with Gasteiger partial charge in [-0.25, -0.2) is 0 Å². The maximum atomic E-state index is 12.6. The molecule has 1 aliphatic heterocycles. The molecule has 0 radical (unpaired) electrons. The molecule has 1 aliphatic carbocycles. The van der Waals surface area contributed by atoms with Crippen molar-refractivity contribution in [1.82, 2.24) is 4.90 Å². The molecule has 120 valence electrons. The average molecular weight is 303 g/mol. The summed E-state index contributed by atoms with van der Waals surface area (Å²) < 4.78 is 5.59. The molecule has 1 aromatic carbocycles. The fourth-order valence-corrected chi connectivity index (χ4v) is 3.54. The van der Waals surface area contributed by atoms with Crippen molar-refractivity contribution < 1.29 is 14.6 Å². The standard InChI is InChI=1S/C18H25NO3/c1-3-22-16-7-5-4-6-14(16)10-17(20)19-11-13(2)18(21,12-19)15-8-9-15/h4-7,13,15,21H,3,8-12H2,1-2H3. The van der Waals surface area contributed by atoms with Crippen LogP contribution < -0.4 is 4.74 Å². The molecule has 4 nitrogen and oxygen atoms in total. The molecule has 2 aliphatic rings. The summed E-state index contributed by atoms with van der Waals surface area (Å²) in [6, 6.07) is 7.69. The van der Waals surface area contributed by atoms with Crippen molar-refractivity contribution in [2.24, 2.45) is 11.8 Å². The van der Waals surface area contributed by atoms with Gasteiger partial charge in [-0.1, -0.05) is 25.1 Å². The van der Waals surface area contributed by atoms with Crippen LogP contribution in [0.15, 0.2) is 24.3 Å². The minimum atomic E-state index is -0.672. The van der Waals surface area contributed by atoms with Crippen molar-refractivity contribution in [3.8, 4) is 5.75 Å². The summed E-state index contributed by atoms with van der Waals surface area (Å²) in [5.41, 5.74) is 0.249. The lowest BCUT2D eigenvalue weighted by Gasteiger charge is -2.26. The quantitative estimate of drug-likeness (QED) is 0.907. The predicted octanol–water partition coefficient (Wildman–Crippen LogP) is 2.25. The number of rotatable bonds is 5.